The molecule has 0 fully saturated rings. The van der Waals surface area contributed by atoms with Gasteiger partial charge in [0.15, 0.2) is 0 Å². The second-order valence-electron chi connectivity index (χ2n) is 4.89. The zero-order valence-corrected chi connectivity index (χ0v) is 13.1. The third-order valence-corrected chi connectivity index (χ3v) is 4.69. The molecule has 3 nitrogen and oxygen atoms in total. The standard InChI is InChI=1S/C16H22N2OS/c1-4-12-6-7-13(20-12)10-15(18-17)14-8-5-11(2)9-16(14)19-3/h5-9,15,18H,4,10,17H2,1-3H3. The van der Waals surface area contributed by atoms with Gasteiger partial charge < -0.3 is 4.74 Å². The fourth-order valence-electron chi connectivity index (χ4n) is 2.29. The molecule has 108 valence electrons. The van der Waals surface area contributed by atoms with E-state index in [-0.39, 0.29) is 6.04 Å². The summed E-state index contributed by atoms with van der Waals surface area (Å²) in [6.45, 7) is 4.24. The van der Waals surface area contributed by atoms with Crippen molar-refractivity contribution < 1.29 is 4.74 Å². The fraction of sp³-hybridized carbons (Fsp3) is 0.375. The van der Waals surface area contributed by atoms with E-state index in [0.717, 1.165) is 24.2 Å². The molecule has 0 bridgehead atoms. The normalized spacial score (nSPS) is 12.4. The number of hydrogen-bond donors (Lipinski definition) is 2. The summed E-state index contributed by atoms with van der Waals surface area (Å²) in [5.74, 6) is 6.64. The van der Waals surface area contributed by atoms with Gasteiger partial charge in [0.2, 0.25) is 0 Å². The highest BCUT2D eigenvalue weighted by Crippen LogP contribution is 2.30. The molecule has 0 aliphatic rings. The number of nitrogens with two attached hydrogens (primary N) is 1. The van der Waals surface area contributed by atoms with E-state index in [2.05, 4.69) is 43.5 Å². The average Bonchev–Trinajstić information content (AvgIpc) is 2.92. The predicted octanol–water partition coefficient (Wildman–Crippen LogP) is 3.37. The van der Waals surface area contributed by atoms with Crippen molar-refractivity contribution in [1.82, 2.24) is 5.43 Å². The van der Waals surface area contributed by atoms with Crippen LogP contribution in [-0.2, 0) is 12.8 Å². The van der Waals surface area contributed by atoms with Gasteiger partial charge in [-0.25, -0.2) is 0 Å². The molecule has 0 amide bonds. The highest BCUT2D eigenvalue weighted by atomic mass is 32.1. The Balaban J connectivity index is 2.23. The van der Waals surface area contributed by atoms with Crippen LogP contribution in [0.2, 0.25) is 0 Å². The molecule has 0 radical (unpaired) electrons. The van der Waals surface area contributed by atoms with Gasteiger partial charge >= 0.3 is 0 Å². The maximum absolute atomic E-state index is 5.75. The zero-order valence-electron chi connectivity index (χ0n) is 12.3. The Morgan fingerprint density at radius 1 is 1.25 bits per heavy atom. The first kappa shape index (κ1) is 15.0. The molecule has 20 heavy (non-hydrogen) atoms. The Morgan fingerprint density at radius 2 is 2.00 bits per heavy atom. The number of thiophene rings is 1. The van der Waals surface area contributed by atoms with Crippen molar-refractivity contribution in [2.75, 3.05) is 7.11 Å². The summed E-state index contributed by atoms with van der Waals surface area (Å²) in [7, 11) is 1.70. The highest BCUT2D eigenvalue weighted by Gasteiger charge is 2.16. The van der Waals surface area contributed by atoms with Gasteiger partial charge in [0, 0.05) is 21.7 Å². The molecule has 1 aromatic carbocycles. The van der Waals surface area contributed by atoms with Gasteiger partial charge in [0.05, 0.1) is 13.2 Å². The minimum atomic E-state index is 0.0638. The third-order valence-electron chi connectivity index (χ3n) is 3.44. The van der Waals surface area contributed by atoms with E-state index >= 15 is 0 Å². The number of aryl methyl sites for hydroxylation is 2. The highest BCUT2D eigenvalue weighted by molar-refractivity contribution is 7.11. The van der Waals surface area contributed by atoms with Crippen molar-refractivity contribution in [3.05, 3.63) is 51.2 Å². The van der Waals surface area contributed by atoms with Crippen LogP contribution in [0.3, 0.4) is 0 Å². The lowest BCUT2D eigenvalue weighted by molar-refractivity contribution is 0.399. The SMILES string of the molecule is CCc1ccc(CC(NN)c2ccc(C)cc2OC)s1. The Labute approximate surface area is 124 Å². The number of benzene rings is 1. The molecule has 3 N–H and O–H groups in total. The van der Waals surface area contributed by atoms with E-state index < -0.39 is 0 Å². The van der Waals surface area contributed by atoms with Crippen molar-refractivity contribution in [1.29, 1.82) is 0 Å². The lowest BCUT2D eigenvalue weighted by Gasteiger charge is -2.19. The van der Waals surface area contributed by atoms with Gasteiger partial charge in [-0.05, 0) is 37.1 Å². The van der Waals surface area contributed by atoms with Crippen LogP contribution in [0.25, 0.3) is 0 Å². The van der Waals surface area contributed by atoms with Crippen LogP contribution in [-0.4, -0.2) is 7.11 Å². The first-order valence-electron chi connectivity index (χ1n) is 6.86. The molecule has 0 saturated carbocycles. The molecule has 0 aliphatic heterocycles. The van der Waals surface area contributed by atoms with Gasteiger partial charge in [-0.1, -0.05) is 19.1 Å². The fourth-order valence-corrected chi connectivity index (χ4v) is 3.29. The van der Waals surface area contributed by atoms with E-state index in [4.69, 9.17) is 10.6 Å². The van der Waals surface area contributed by atoms with E-state index in [0.29, 0.717) is 0 Å². The summed E-state index contributed by atoms with van der Waals surface area (Å²) in [6, 6.07) is 10.7. The topological polar surface area (TPSA) is 47.3 Å². The van der Waals surface area contributed by atoms with Crippen molar-refractivity contribution in [2.24, 2.45) is 5.84 Å². The third kappa shape index (κ3) is 3.39. The van der Waals surface area contributed by atoms with Crippen LogP contribution in [0.1, 0.15) is 33.8 Å². The van der Waals surface area contributed by atoms with Crippen LogP contribution >= 0.6 is 11.3 Å². The number of hydrogen-bond acceptors (Lipinski definition) is 4. The molecule has 0 spiro atoms. The van der Waals surface area contributed by atoms with Crippen LogP contribution < -0.4 is 16.0 Å². The predicted molar refractivity (Wildman–Crippen MR) is 85.2 cm³/mol. The molecule has 0 aliphatic carbocycles. The van der Waals surface area contributed by atoms with Crippen LogP contribution in [0.4, 0.5) is 0 Å². The molecule has 1 heterocycles. The smallest absolute Gasteiger partial charge is 0.123 e. The quantitative estimate of drug-likeness (QED) is 0.633. The summed E-state index contributed by atoms with van der Waals surface area (Å²) >= 11 is 1.85. The van der Waals surface area contributed by atoms with Crippen molar-refractivity contribution >= 4 is 11.3 Å². The second-order valence-corrected chi connectivity index (χ2v) is 6.14. The van der Waals surface area contributed by atoms with E-state index in [1.165, 1.54) is 15.3 Å². The maximum atomic E-state index is 5.75. The van der Waals surface area contributed by atoms with E-state index in [1.54, 1.807) is 7.11 Å². The van der Waals surface area contributed by atoms with Gasteiger partial charge in [-0.15, -0.1) is 11.3 Å². The van der Waals surface area contributed by atoms with Gasteiger partial charge in [0.1, 0.15) is 5.75 Å². The molecular weight excluding hydrogens is 268 g/mol. The van der Waals surface area contributed by atoms with Crippen molar-refractivity contribution in [2.45, 2.75) is 32.7 Å². The molecule has 1 aromatic heterocycles. The largest absolute Gasteiger partial charge is 0.496 e. The van der Waals surface area contributed by atoms with Crippen LogP contribution in [0.15, 0.2) is 30.3 Å². The summed E-state index contributed by atoms with van der Waals surface area (Å²) in [5, 5.41) is 0. The van der Waals surface area contributed by atoms with Gasteiger partial charge in [-0.3, -0.25) is 11.3 Å². The summed E-state index contributed by atoms with van der Waals surface area (Å²) in [5.41, 5.74) is 5.20. The Kier molecular flexibility index (Phi) is 5.17. The lowest BCUT2D eigenvalue weighted by atomic mass is 10.0. The zero-order chi connectivity index (χ0) is 14.5. The number of rotatable bonds is 6. The monoisotopic (exact) mass is 290 g/mol. The Hall–Kier alpha value is -1.36. The molecular formula is C16H22N2OS. The molecule has 4 heteroatoms. The first-order valence-corrected chi connectivity index (χ1v) is 7.67. The van der Waals surface area contributed by atoms with Gasteiger partial charge in [-0.2, -0.15) is 0 Å². The summed E-state index contributed by atoms with van der Waals surface area (Å²) in [6.07, 6.45) is 1.96. The Bertz CT molecular complexity index is 565. The minimum absolute atomic E-state index is 0.0638. The lowest BCUT2D eigenvalue weighted by Crippen LogP contribution is -2.29. The molecule has 1 atom stereocenters. The first-order chi connectivity index (χ1) is 9.67. The Morgan fingerprint density at radius 3 is 2.60 bits per heavy atom. The minimum Gasteiger partial charge on any atom is -0.496 e. The van der Waals surface area contributed by atoms with Crippen molar-refractivity contribution in [3.63, 3.8) is 0 Å². The molecule has 2 rings (SSSR count). The van der Waals surface area contributed by atoms with Gasteiger partial charge in [0.25, 0.3) is 0 Å². The number of hydrazine groups is 1. The molecule has 1 unspecified atom stereocenters. The van der Waals surface area contributed by atoms with Crippen LogP contribution in [0, 0.1) is 6.92 Å². The number of methoxy groups -OCH3 is 1. The van der Waals surface area contributed by atoms with E-state index in [1.807, 2.05) is 17.4 Å². The second kappa shape index (κ2) is 6.88. The number of nitrogens with one attached hydrogen (secondary N) is 1. The molecule has 0 saturated heterocycles. The summed E-state index contributed by atoms with van der Waals surface area (Å²) in [4.78, 5) is 2.75. The van der Waals surface area contributed by atoms with E-state index in [9.17, 15) is 0 Å². The van der Waals surface area contributed by atoms with Crippen LogP contribution in [0.5, 0.6) is 5.75 Å². The van der Waals surface area contributed by atoms with Crippen molar-refractivity contribution in [3.8, 4) is 5.75 Å². The number of ether oxygens (including phenoxy) is 1. The average molecular weight is 290 g/mol. The maximum Gasteiger partial charge on any atom is 0.123 e. The molecule has 2 aromatic rings. The summed E-state index contributed by atoms with van der Waals surface area (Å²) < 4.78 is 5.48.